The van der Waals surface area contributed by atoms with Gasteiger partial charge in [-0.2, -0.15) is 0 Å². The van der Waals surface area contributed by atoms with E-state index in [0.29, 0.717) is 13.1 Å². The van der Waals surface area contributed by atoms with Crippen molar-refractivity contribution in [3.05, 3.63) is 11.6 Å². The van der Waals surface area contributed by atoms with Gasteiger partial charge in [0.05, 0.1) is 13.1 Å². The van der Waals surface area contributed by atoms with E-state index in [1.165, 1.54) is 25.7 Å². The minimum Gasteiger partial charge on any atom is -0.340 e. The molecule has 25 heavy (non-hydrogen) atoms. The van der Waals surface area contributed by atoms with Crippen molar-refractivity contribution in [2.75, 3.05) is 39.8 Å². The van der Waals surface area contributed by atoms with E-state index in [-0.39, 0.29) is 5.91 Å². The van der Waals surface area contributed by atoms with Crippen LogP contribution in [0.5, 0.6) is 0 Å². The molecule has 1 aliphatic heterocycles. The highest BCUT2D eigenvalue weighted by atomic mass is 16.2. The Balaban J connectivity index is 1.48. The summed E-state index contributed by atoms with van der Waals surface area (Å²) in [6.45, 7) is 6.95. The lowest BCUT2D eigenvalue weighted by molar-refractivity contribution is -0.132. The number of aryl methyl sites for hydroxylation is 1. The number of carbonyl (C=O) groups excluding carboxylic acids is 1. The summed E-state index contributed by atoms with van der Waals surface area (Å²) in [5, 5.41) is 8.27. The highest BCUT2D eigenvalue weighted by Gasteiger charge is 2.26. The van der Waals surface area contributed by atoms with Crippen molar-refractivity contribution in [2.45, 2.75) is 51.6 Å². The van der Waals surface area contributed by atoms with Gasteiger partial charge >= 0.3 is 0 Å². The predicted octanol–water partition coefficient (Wildman–Crippen LogP) is 1.03. The summed E-state index contributed by atoms with van der Waals surface area (Å²) in [4.78, 5) is 19.4. The fourth-order valence-corrected chi connectivity index (χ4v) is 4.04. The zero-order chi connectivity index (χ0) is 17.8. The molecule has 0 unspecified atom stereocenters. The van der Waals surface area contributed by atoms with Crippen molar-refractivity contribution in [3.63, 3.8) is 0 Å². The summed E-state index contributed by atoms with van der Waals surface area (Å²) in [5.74, 6) is 2.03. The molecule has 0 spiro atoms. The SMILES string of the molecule is Cc1nnc(CN(C)CC(=O)N2CCCN(C3CCCC3)CC2)n1C. The molecule has 0 N–H and O–H groups in total. The topological polar surface area (TPSA) is 57.5 Å². The molecule has 1 saturated carbocycles. The van der Waals surface area contributed by atoms with Gasteiger partial charge in [0.1, 0.15) is 11.6 Å². The fourth-order valence-electron chi connectivity index (χ4n) is 4.04. The smallest absolute Gasteiger partial charge is 0.236 e. The molecule has 1 aromatic rings. The molecule has 0 atom stereocenters. The maximum atomic E-state index is 12.7. The Kier molecular flexibility index (Phi) is 6.06. The molecule has 7 nitrogen and oxygen atoms in total. The number of nitrogens with zero attached hydrogens (tertiary/aromatic N) is 6. The van der Waals surface area contributed by atoms with Crippen LogP contribution in [0.15, 0.2) is 0 Å². The lowest BCUT2D eigenvalue weighted by Gasteiger charge is -2.27. The zero-order valence-corrected chi connectivity index (χ0v) is 15.9. The number of likely N-dealkylation sites (N-methyl/N-ethyl adjacent to an activating group) is 1. The molecule has 3 rings (SSSR count). The summed E-state index contributed by atoms with van der Waals surface area (Å²) in [5.41, 5.74) is 0. The molecule has 0 aromatic carbocycles. The Hall–Kier alpha value is -1.47. The van der Waals surface area contributed by atoms with Gasteiger partial charge in [-0.15, -0.1) is 10.2 Å². The summed E-state index contributed by atoms with van der Waals surface area (Å²) in [7, 11) is 3.94. The van der Waals surface area contributed by atoms with Crippen LogP contribution >= 0.6 is 0 Å². The lowest BCUT2D eigenvalue weighted by Crippen LogP contribution is -2.42. The minimum absolute atomic E-state index is 0.231. The first-order chi connectivity index (χ1) is 12.0. The summed E-state index contributed by atoms with van der Waals surface area (Å²) in [6, 6.07) is 0.761. The van der Waals surface area contributed by atoms with Gasteiger partial charge in [0.15, 0.2) is 0 Å². The second-order valence-corrected chi connectivity index (χ2v) is 7.60. The highest BCUT2D eigenvalue weighted by Crippen LogP contribution is 2.24. The molecule has 2 aliphatic rings. The number of rotatable bonds is 5. The van der Waals surface area contributed by atoms with Crippen molar-refractivity contribution >= 4 is 5.91 Å². The highest BCUT2D eigenvalue weighted by molar-refractivity contribution is 5.78. The predicted molar refractivity (Wildman–Crippen MR) is 97.1 cm³/mol. The molecule has 7 heteroatoms. The first-order valence-corrected chi connectivity index (χ1v) is 9.60. The third-order valence-corrected chi connectivity index (χ3v) is 5.72. The average Bonchev–Trinajstić information content (AvgIpc) is 3.14. The Bertz CT molecular complexity index is 580. The van der Waals surface area contributed by atoms with Crippen LogP contribution in [0, 0.1) is 6.92 Å². The number of carbonyl (C=O) groups is 1. The van der Waals surface area contributed by atoms with E-state index >= 15 is 0 Å². The fraction of sp³-hybridized carbons (Fsp3) is 0.833. The second kappa shape index (κ2) is 8.27. The Morgan fingerprint density at radius 2 is 1.88 bits per heavy atom. The quantitative estimate of drug-likeness (QED) is 0.796. The van der Waals surface area contributed by atoms with E-state index < -0.39 is 0 Å². The van der Waals surface area contributed by atoms with Crippen LogP contribution in [-0.4, -0.2) is 81.2 Å². The maximum absolute atomic E-state index is 12.7. The Morgan fingerprint density at radius 3 is 2.56 bits per heavy atom. The molecule has 1 amide bonds. The van der Waals surface area contributed by atoms with Crippen LogP contribution in [0.1, 0.15) is 43.8 Å². The van der Waals surface area contributed by atoms with Gasteiger partial charge in [0, 0.05) is 39.3 Å². The third kappa shape index (κ3) is 4.58. The molecular weight excluding hydrogens is 316 g/mol. The van der Waals surface area contributed by atoms with Crippen molar-refractivity contribution in [1.82, 2.24) is 29.5 Å². The van der Waals surface area contributed by atoms with Crippen LogP contribution in [-0.2, 0) is 18.4 Å². The van der Waals surface area contributed by atoms with Crippen LogP contribution in [0.25, 0.3) is 0 Å². The van der Waals surface area contributed by atoms with E-state index in [1.54, 1.807) is 0 Å². The van der Waals surface area contributed by atoms with Gasteiger partial charge in [0.25, 0.3) is 0 Å². The Morgan fingerprint density at radius 1 is 1.12 bits per heavy atom. The normalized spacial score (nSPS) is 20.4. The van der Waals surface area contributed by atoms with Crippen LogP contribution < -0.4 is 0 Å². The van der Waals surface area contributed by atoms with Crippen molar-refractivity contribution < 1.29 is 4.79 Å². The monoisotopic (exact) mass is 348 g/mol. The molecule has 1 saturated heterocycles. The molecule has 2 heterocycles. The summed E-state index contributed by atoms with van der Waals surface area (Å²) >= 11 is 0. The van der Waals surface area contributed by atoms with Crippen molar-refractivity contribution in [3.8, 4) is 0 Å². The molecule has 0 radical (unpaired) electrons. The largest absolute Gasteiger partial charge is 0.340 e. The van der Waals surface area contributed by atoms with Gasteiger partial charge in [-0.1, -0.05) is 12.8 Å². The van der Waals surface area contributed by atoms with Gasteiger partial charge in [-0.3, -0.25) is 14.6 Å². The average molecular weight is 348 g/mol. The van der Waals surface area contributed by atoms with Gasteiger partial charge in [-0.25, -0.2) is 0 Å². The van der Waals surface area contributed by atoms with Crippen LogP contribution in [0.2, 0.25) is 0 Å². The standard InChI is InChI=1S/C18H32N6O/c1-15-19-20-17(22(15)3)13-21(2)14-18(25)24-10-6-9-23(11-12-24)16-7-4-5-8-16/h16H,4-14H2,1-3H3. The number of hydrogen-bond donors (Lipinski definition) is 0. The first-order valence-electron chi connectivity index (χ1n) is 9.60. The first kappa shape index (κ1) is 18.3. The zero-order valence-electron chi connectivity index (χ0n) is 15.9. The number of amides is 1. The summed E-state index contributed by atoms with van der Waals surface area (Å²) < 4.78 is 1.98. The molecule has 2 fully saturated rings. The second-order valence-electron chi connectivity index (χ2n) is 7.60. The molecular formula is C18H32N6O. The third-order valence-electron chi connectivity index (χ3n) is 5.72. The van der Waals surface area contributed by atoms with E-state index in [4.69, 9.17) is 0 Å². The van der Waals surface area contributed by atoms with Crippen LogP contribution in [0.3, 0.4) is 0 Å². The summed E-state index contributed by atoms with van der Waals surface area (Å²) in [6.07, 6.45) is 6.52. The van der Waals surface area contributed by atoms with Crippen molar-refractivity contribution in [1.29, 1.82) is 0 Å². The molecule has 140 valence electrons. The van der Waals surface area contributed by atoms with Gasteiger partial charge in [0.2, 0.25) is 5.91 Å². The minimum atomic E-state index is 0.231. The molecule has 0 bridgehead atoms. The maximum Gasteiger partial charge on any atom is 0.236 e. The Labute approximate surface area is 151 Å². The van der Waals surface area contributed by atoms with Crippen molar-refractivity contribution in [2.24, 2.45) is 7.05 Å². The van der Waals surface area contributed by atoms with E-state index in [1.807, 2.05) is 35.4 Å². The van der Waals surface area contributed by atoms with E-state index in [2.05, 4.69) is 15.1 Å². The van der Waals surface area contributed by atoms with E-state index in [9.17, 15) is 4.79 Å². The van der Waals surface area contributed by atoms with E-state index in [0.717, 1.165) is 50.3 Å². The van der Waals surface area contributed by atoms with Gasteiger partial charge < -0.3 is 9.47 Å². The number of aromatic nitrogens is 3. The number of hydrogen-bond acceptors (Lipinski definition) is 5. The van der Waals surface area contributed by atoms with Gasteiger partial charge in [-0.05, 0) is 33.2 Å². The van der Waals surface area contributed by atoms with Crippen LogP contribution in [0.4, 0.5) is 0 Å². The molecule has 1 aliphatic carbocycles. The molecule has 1 aromatic heterocycles. The lowest BCUT2D eigenvalue weighted by atomic mass is 10.2.